The van der Waals surface area contributed by atoms with Crippen LogP contribution in [0.5, 0.6) is 0 Å². The summed E-state index contributed by atoms with van der Waals surface area (Å²) in [6.45, 7) is 2.05. The van der Waals surface area contributed by atoms with E-state index in [1.807, 2.05) is 30.5 Å². The number of nitrogens with zero attached hydrogens (tertiary/aromatic N) is 2. The molecule has 0 unspecified atom stereocenters. The van der Waals surface area contributed by atoms with Gasteiger partial charge in [-0.3, -0.25) is 5.41 Å². The first kappa shape index (κ1) is 16.3. The Hall–Kier alpha value is -2.60. The molecule has 0 fully saturated rings. The lowest BCUT2D eigenvalue weighted by molar-refractivity contribution is 1.19. The molecule has 122 valence electrons. The van der Waals surface area contributed by atoms with Gasteiger partial charge in [-0.15, -0.1) is 0 Å². The Kier molecular flexibility index (Phi) is 4.40. The fraction of sp³-hybridized carbons (Fsp3) is 0.167. The van der Waals surface area contributed by atoms with Crippen molar-refractivity contribution in [2.75, 3.05) is 12.4 Å². The van der Waals surface area contributed by atoms with E-state index in [2.05, 4.69) is 40.9 Å². The van der Waals surface area contributed by atoms with E-state index in [0.717, 1.165) is 38.7 Å². The Bertz CT molecular complexity index is 936. The summed E-state index contributed by atoms with van der Waals surface area (Å²) in [6.07, 6.45) is 1.81. The van der Waals surface area contributed by atoms with Crippen LogP contribution in [0, 0.1) is 12.3 Å². The highest BCUT2D eigenvalue weighted by Gasteiger charge is 2.14. The predicted octanol–water partition coefficient (Wildman–Crippen LogP) is 3.36. The van der Waals surface area contributed by atoms with E-state index in [-0.39, 0.29) is 5.84 Å². The fourth-order valence-corrected chi connectivity index (χ4v) is 3.22. The first-order chi connectivity index (χ1) is 11.5. The third kappa shape index (κ3) is 2.80. The summed E-state index contributed by atoms with van der Waals surface area (Å²) in [5.41, 5.74) is 11.5. The number of hydrogen-bond acceptors (Lipinski definition) is 5. The number of benzene rings is 2. The van der Waals surface area contributed by atoms with Gasteiger partial charge in [0.25, 0.3) is 0 Å². The molecule has 3 aromatic rings. The average molecular weight is 337 g/mol. The van der Waals surface area contributed by atoms with Crippen molar-refractivity contribution in [3.63, 3.8) is 0 Å². The zero-order chi connectivity index (χ0) is 17.3. The number of nitrogen functional groups attached to an aromatic ring is 1. The number of rotatable bonds is 4. The second kappa shape index (κ2) is 6.49. The van der Waals surface area contributed by atoms with Crippen molar-refractivity contribution in [3.8, 4) is 11.1 Å². The summed E-state index contributed by atoms with van der Waals surface area (Å²) >= 11 is 4.46. The third-order valence-corrected chi connectivity index (χ3v) is 4.38. The third-order valence-electron chi connectivity index (χ3n) is 4.06. The first-order valence-electron chi connectivity index (χ1n) is 7.57. The van der Waals surface area contributed by atoms with Crippen LogP contribution in [0.3, 0.4) is 0 Å². The van der Waals surface area contributed by atoms with E-state index >= 15 is 0 Å². The zero-order valence-electron chi connectivity index (χ0n) is 13.6. The van der Waals surface area contributed by atoms with Gasteiger partial charge in [-0.2, -0.15) is 12.6 Å². The molecule has 6 heteroatoms. The second-order valence-corrected chi connectivity index (χ2v) is 5.89. The van der Waals surface area contributed by atoms with Gasteiger partial charge in [0.15, 0.2) is 0 Å². The normalized spacial score (nSPS) is 10.8. The van der Waals surface area contributed by atoms with Gasteiger partial charge in [-0.25, -0.2) is 9.97 Å². The van der Waals surface area contributed by atoms with Crippen LogP contribution in [0.25, 0.3) is 22.0 Å². The fourth-order valence-electron chi connectivity index (χ4n) is 2.89. The lowest BCUT2D eigenvalue weighted by Crippen LogP contribution is -2.14. The lowest BCUT2D eigenvalue weighted by Gasteiger charge is -2.16. The molecular weight excluding hydrogens is 318 g/mol. The minimum atomic E-state index is 0.0584. The molecule has 0 aliphatic carbocycles. The highest BCUT2D eigenvalue weighted by Crippen LogP contribution is 2.32. The van der Waals surface area contributed by atoms with Crippen LogP contribution in [0.2, 0.25) is 0 Å². The molecule has 0 saturated carbocycles. The highest BCUT2D eigenvalue weighted by atomic mass is 32.1. The van der Waals surface area contributed by atoms with E-state index in [0.29, 0.717) is 11.7 Å². The quantitative estimate of drug-likeness (QED) is 0.334. The monoisotopic (exact) mass is 337 g/mol. The number of hydrogen-bond donors (Lipinski definition) is 4. The Balaban J connectivity index is 2.23. The van der Waals surface area contributed by atoms with Crippen LogP contribution >= 0.6 is 12.6 Å². The molecule has 2 aromatic carbocycles. The van der Waals surface area contributed by atoms with Crippen LogP contribution in [-0.4, -0.2) is 22.9 Å². The summed E-state index contributed by atoms with van der Waals surface area (Å²) in [7, 11) is 1.80. The van der Waals surface area contributed by atoms with Crippen LogP contribution in [0.15, 0.2) is 36.5 Å². The maximum absolute atomic E-state index is 7.80. The minimum absolute atomic E-state index is 0.0584. The van der Waals surface area contributed by atoms with E-state index in [9.17, 15) is 0 Å². The molecule has 3 rings (SSSR count). The average Bonchev–Trinajstić information content (AvgIpc) is 2.60. The first-order valence-corrected chi connectivity index (χ1v) is 8.21. The number of aryl methyl sites for hydroxylation is 1. The van der Waals surface area contributed by atoms with Crippen molar-refractivity contribution < 1.29 is 0 Å². The van der Waals surface area contributed by atoms with E-state index in [1.54, 1.807) is 7.05 Å². The van der Waals surface area contributed by atoms with Crippen molar-refractivity contribution in [1.82, 2.24) is 9.97 Å². The molecule has 1 aromatic heterocycles. The van der Waals surface area contributed by atoms with E-state index < -0.39 is 0 Å². The molecule has 0 spiro atoms. The molecule has 0 saturated heterocycles. The Morgan fingerprint density at radius 3 is 2.75 bits per heavy atom. The van der Waals surface area contributed by atoms with Crippen LogP contribution in [-0.2, 0) is 5.75 Å². The molecule has 0 amide bonds. The van der Waals surface area contributed by atoms with Gasteiger partial charge in [0.1, 0.15) is 5.84 Å². The largest absolute Gasteiger partial charge is 0.384 e. The van der Waals surface area contributed by atoms with Crippen LogP contribution in [0.1, 0.15) is 16.7 Å². The van der Waals surface area contributed by atoms with Gasteiger partial charge in [0, 0.05) is 29.9 Å². The van der Waals surface area contributed by atoms with Crippen molar-refractivity contribution in [2.45, 2.75) is 12.7 Å². The van der Waals surface area contributed by atoms with Gasteiger partial charge >= 0.3 is 0 Å². The number of anilines is 1. The van der Waals surface area contributed by atoms with Gasteiger partial charge in [-0.1, -0.05) is 18.2 Å². The molecule has 24 heavy (non-hydrogen) atoms. The van der Waals surface area contributed by atoms with Crippen molar-refractivity contribution in [1.29, 1.82) is 5.41 Å². The molecular formula is C18H19N5S. The summed E-state index contributed by atoms with van der Waals surface area (Å²) < 4.78 is 0. The number of thiol groups is 1. The highest BCUT2D eigenvalue weighted by molar-refractivity contribution is 7.79. The summed E-state index contributed by atoms with van der Waals surface area (Å²) in [4.78, 5) is 8.73. The maximum atomic E-state index is 7.80. The van der Waals surface area contributed by atoms with Crippen molar-refractivity contribution >= 4 is 35.3 Å². The lowest BCUT2D eigenvalue weighted by atomic mass is 9.91. The van der Waals surface area contributed by atoms with Gasteiger partial charge in [-0.05, 0) is 41.3 Å². The van der Waals surface area contributed by atoms with Crippen molar-refractivity contribution in [2.24, 2.45) is 5.73 Å². The number of nitrogens with one attached hydrogen (secondary N) is 2. The second-order valence-electron chi connectivity index (χ2n) is 5.57. The standard InChI is InChI=1S/C18H19N5S/c1-10-3-5-13(17(19)20)14(9-24)16(10)11-4-6-15-12(7-11)8-22-18(21-2)23-15/h3-8,24H,9H2,1-2H3,(H3,19,20)(H,21,22,23). The molecule has 0 atom stereocenters. The topological polar surface area (TPSA) is 87.7 Å². The van der Waals surface area contributed by atoms with Gasteiger partial charge < -0.3 is 11.1 Å². The Morgan fingerprint density at radius 1 is 1.29 bits per heavy atom. The molecule has 0 bridgehead atoms. The molecule has 1 heterocycles. The smallest absolute Gasteiger partial charge is 0.222 e. The SMILES string of the molecule is CNc1ncc2cc(-c3c(C)ccc(C(=N)N)c3CS)ccc2n1. The zero-order valence-corrected chi connectivity index (χ0v) is 14.5. The van der Waals surface area contributed by atoms with Gasteiger partial charge in [0.05, 0.1) is 5.52 Å². The van der Waals surface area contributed by atoms with E-state index in [4.69, 9.17) is 11.1 Å². The van der Waals surface area contributed by atoms with Gasteiger partial charge in [0.2, 0.25) is 5.95 Å². The molecule has 0 aliphatic heterocycles. The minimum Gasteiger partial charge on any atom is -0.384 e. The molecule has 0 radical (unpaired) electrons. The van der Waals surface area contributed by atoms with Crippen LogP contribution in [0.4, 0.5) is 5.95 Å². The number of amidine groups is 1. The number of fused-ring (bicyclic) bond motifs is 1. The van der Waals surface area contributed by atoms with Crippen LogP contribution < -0.4 is 11.1 Å². The van der Waals surface area contributed by atoms with Crippen molar-refractivity contribution in [3.05, 3.63) is 53.2 Å². The molecule has 5 nitrogen and oxygen atoms in total. The van der Waals surface area contributed by atoms with E-state index in [1.165, 1.54) is 0 Å². The number of nitrogens with two attached hydrogens (primary N) is 1. The summed E-state index contributed by atoms with van der Waals surface area (Å²) in [5.74, 6) is 1.17. The molecule has 4 N–H and O–H groups in total. The molecule has 0 aliphatic rings. The Morgan fingerprint density at radius 2 is 2.08 bits per heavy atom. The Labute approximate surface area is 146 Å². The number of aromatic nitrogens is 2. The maximum Gasteiger partial charge on any atom is 0.222 e. The summed E-state index contributed by atoms with van der Waals surface area (Å²) in [5, 5.41) is 11.7. The summed E-state index contributed by atoms with van der Waals surface area (Å²) in [6, 6.07) is 9.96. The predicted molar refractivity (Wildman–Crippen MR) is 103 cm³/mol.